The molecule has 3 rings (SSSR count). The van der Waals surface area contributed by atoms with Crippen LogP contribution >= 0.6 is 11.8 Å². The maximum Gasteiger partial charge on any atom is 0.401 e. The first-order valence-electron chi connectivity index (χ1n) is 5.66. The fourth-order valence-corrected chi connectivity index (χ4v) is 3.38. The van der Waals surface area contributed by atoms with Gasteiger partial charge in [0, 0.05) is 5.39 Å². The Balaban J connectivity index is 2.23. The van der Waals surface area contributed by atoms with E-state index < -0.39 is 17.1 Å². The van der Waals surface area contributed by atoms with Crippen LogP contribution in [-0.4, -0.2) is 11.4 Å². The zero-order valence-electron chi connectivity index (χ0n) is 9.88. The van der Waals surface area contributed by atoms with Gasteiger partial charge in [-0.2, -0.15) is 13.2 Å². The summed E-state index contributed by atoms with van der Waals surface area (Å²) in [6.45, 7) is 1.85. The lowest BCUT2D eigenvalue weighted by molar-refractivity contribution is -0.127. The Hall–Kier alpha value is -1.43. The normalized spacial score (nSPS) is 18.8. The van der Waals surface area contributed by atoms with Gasteiger partial charge in [-0.15, -0.1) is 11.8 Å². The maximum absolute atomic E-state index is 12.8. The van der Waals surface area contributed by atoms with Gasteiger partial charge in [0.15, 0.2) is 0 Å². The number of benzene rings is 1. The van der Waals surface area contributed by atoms with Crippen LogP contribution in [0.25, 0.3) is 11.0 Å². The zero-order chi connectivity index (χ0) is 13.8. The van der Waals surface area contributed by atoms with Crippen LogP contribution in [0.4, 0.5) is 13.2 Å². The molecule has 1 aromatic heterocycles. The first kappa shape index (κ1) is 12.6. The molecule has 0 N–H and O–H groups in total. The predicted octanol–water partition coefficient (Wildman–Crippen LogP) is 3.68. The van der Waals surface area contributed by atoms with Crippen molar-refractivity contribution in [1.29, 1.82) is 0 Å². The molecule has 1 unspecified atom stereocenters. The van der Waals surface area contributed by atoms with Crippen LogP contribution in [0.5, 0.6) is 0 Å². The first-order chi connectivity index (χ1) is 8.86. The molecule has 0 fully saturated rings. The summed E-state index contributed by atoms with van der Waals surface area (Å²) in [6, 6.07) is 5.15. The van der Waals surface area contributed by atoms with E-state index >= 15 is 0 Å². The van der Waals surface area contributed by atoms with Gasteiger partial charge in [-0.25, -0.2) is 4.79 Å². The summed E-state index contributed by atoms with van der Waals surface area (Å²) in [5.41, 5.74) is 1.05. The largest absolute Gasteiger partial charge is 0.422 e. The van der Waals surface area contributed by atoms with Crippen molar-refractivity contribution in [1.82, 2.24) is 0 Å². The number of fused-ring (bicyclic) bond motifs is 3. The molecule has 0 saturated carbocycles. The van der Waals surface area contributed by atoms with Gasteiger partial charge in [-0.1, -0.05) is 11.6 Å². The molecule has 1 aliphatic heterocycles. The van der Waals surface area contributed by atoms with Gasteiger partial charge < -0.3 is 4.42 Å². The van der Waals surface area contributed by atoms with Crippen molar-refractivity contribution in [2.24, 2.45) is 0 Å². The van der Waals surface area contributed by atoms with Crippen LogP contribution in [0.3, 0.4) is 0 Å². The van der Waals surface area contributed by atoms with E-state index in [9.17, 15) is 18.0 Å². The zero-order valence-corrected chi connectivity index (χ0v) is 10.7. The SMILES string of the molecule is Cc1ccc2oc(=O)c3c(c2c1)CC(C(F)(F)F)S3. The highest BCUT2D eigenvalue weighted by Crippen LogP contribution is 2.45. The summed E-state index contributed by atoms with van der Waals surface area (Å²) >= 11 is 0.559. The lowest BCUT2D eigenvalue weighted by Gasteiger charge is -2.11. The highest BCUT2D eigenvalue weighted by Gasteiger charge is 2.45. The molecule has 0 bridgehead atoms. The van der Waals surface area contributed by atoms with Gasteiger partial charge in [0.05, 0.1) is 4.90 Å². The second kappa shape index (κ2) is 4.03. The fraction of sp³-hybridized carbons (Fsp3) is 0.308. The van der Waals surface area contributed by atoms with Crippen molar-refractivity contribution in [3.05, 3.63) is 39.7 Å². The summed E-state index contributed by atoms with van der Waals surface area (Å²) in [5.74, 6) is 0. The lowest BCUT2D eigenvalue weighted by atomic mass is 10.0. The molecule has 0 saturated heterocycles. The minimum Gasteiger partial charge on any atom is -0.422 e. The van der Waals surface area contributed by atoms with Crippen molar-refractivity contribution in [2.45, 2.75) is 29.7 Å². The quantitative estimate of drug-likeness (QED) is 0.692. The molecule has 1 atom stereocenters. The minimum absolute atomic E-state index is 0.0976. The van der Waals surface area contributed by atoms with E-state index in [1.54, 1.807) is 18.2 Å². The summed E-state index contributed by atoms with van der Waals surface area (Å²) < 4.78 is 43.4. The average Bonchev–Trinajstić information content (AvgIpc) is 2.76. The van der Waals surface area contributed by atoms with Gasteiger partial charge in [0.2, 0.25) is 0 Å². The van der Waals surface area contributed by atoms with Crippen molar-refractivity contribution in [3.8, 4) is 0 Å². The van der Waals surface area contributed by atoms with E-state index in [4.69, 9.17) is 4.42 Å². The maximum atomic E-state index is 12.8. The Kier molecular flexibility index (Phi) is 2.67. The number of thioether (sulfide) groups is 1. The van der Waals surface area contributed by atoms with Crippen LogP contribution in [0.2, 0.25) is 0 Å². The molecule has 2 aromatic rings. The number of aryl methyl sites for hydroxylation is 1. The third kappa shape index (κ3) is 2.04. The molecule has 0 aliphatic carbocycles. The number of hydrogen-bond donors (Lipinski definition) is 0. The Morgan fingerprint density at radius 2 is 2.11 bits per heavy atom. The molecule has 19 heavy (non-hydrogen) atoms. The van der Waals surface area contributed by atoms with Gasteiger partial charge in [-0.3, -0.25) is 0 Å². The summed E-state index contributed by atoms with van der Waals surface area (Å²) in [6.07, 6.45) is -4.48. The molecular formula is C13H9F3O2S. The molecule has 0 spiro atoms. The fourth-order valence-electron chi connectivity index (χ4n) is 2.23. The van der Waals surface area contributed by atoms with E-state index in [1.807, 2.05) is 6.92 Å². The van der Waals surface area contributed by atoms with Gasteiger partial charge >= 0.3 is 11.8 Å². The molecule has 100 valence electrons. The third-order valence-electron chi connectivity index (χ3n) is 3.14. The molecule has 6 heteroatoms. The van der Waals surface area contributed by atoms with Crippen molar-refractivity contribution in [2.75, 3.05) is 0 Å². The minimum atomic E-state index is -4.31. The standard InChI is InChI=1S/C13H9F3O2S/c1-6-2-3-9-7(4-6)8-5-10(13(14,15)16)19-11(8)12(17)18-9/h2-4,10H,5H2,1H3. The molecule has 2 nitrogen and oxygen atoms in total. The Labute approximate surface area is 110 Å². The van der Waals surface area contributed by atoms with E-state index in [1.165, 1.54) is 0 Å². The average molecular weight is 286 g/mol. The lowest BCUT2D eigenvalue weighted by Crippen LogP contribution is -2.24. The van der Waals surface area contributed by atoms with Crippen molar-refractivity contribution < 1.29 is 17.6 Å². The van der Waals surface area contributed by atoms with E-state index in [-0.39, 0.29) is 11.3 Å². The Bertz CT molecular complexity index is 718. The van der Waals surface area contributed by atoms with Gasteiger partial charge in [0.25, 0.3) is 0 Å². The first-order valence-corrected chi connectivity index (χ1v) is 6.54. The predicted molar refractivity (Wildman–Crippen MR) is 66.6 cm³/mol. The van der Waals surface area contributed by atoms with Crippen LogP contribution in [0, 0.1) is 6.92 Å². The van der Waals surface area contributed by atoms with Crippen LogP contribution in [0.1, 0.15) is 11.1 Å². The molecule has 0 amide bonds. The number of hydrogen-bond acceptors (Lipinski definition) is 3. The molecule has 0 radical (unpaired) electrons. The number of alkyl halides is 3. The second-order valence-electron chi connectivity index (χ2n) is 4.55. The summed E-state index contributed by atoms with van der Waals surface area (Å²) in [5, 5.41) is -0.953. The molecule has 2 heterocycles. The summed E-state index contributed by atoms with van der Waals surface area (Å²) in [4.78, 5) is 11.8. The van der Waals surface area contributed by atoms with Crippen LogP contribution in [-0.2, 0) is 6.42 Å². The topological polar surface area (TPSA) is 30.2 Å². The van der Waals surface area contributed by atoms with Crippen molar-refractivity contribution >= 4 is 22.7 Å². The smallest absolute Gasteiger partial charge is 0.401 e. The number of halogens is 3. The second-order valence-corrected chi connectivity index (χ2v) is 5.76. The summed E-state index contributed by atoms with van der Waals surface area (Å²) in [7, 11) is 0. The monoisotopic (exact) mass is 286 g/mol. The van der Waals surface area contributed by atoms with Crippen LogP contribution < -0.4 is 5.63 Å². The van der Waals surface area contributed by atoms with Crippen molar-refractivity contribution in [3.63, 3.8) is 0 Å². The number of rotatable bonds is 0. The molecule has 1 aliphatic rings. The van der Waals surface area contributed by atoms with Gasteiger partial charge in [0.1, 0.15) is 10.8 Å². The van der Waals surface area contributed by atoms with E-state index in [0.29, 0.717) is 28.3 Å². The van der Waals surface area contributed by atoms with E-state index in [0.717, 1.165) is 5.56 Å². The van der Waals surface area contributed by atoms with E-state index in [2.05, 4.69) is 0 Å². The molecular weight excluding hydrogens is 277 g/mol. The van der Waals surface area contributed by atoms with Gasteiger partial charge in [-0.05, 0) is 31.0 Å². The highest BCUT2D eigenvalue weighted by atomic mass is 32.2. The Morgan fingerprint density at radius 3 is 2.79 bits per heavy atom. The highest BCUT2D eigenvalue weighted by molar-refractivity contribution is 8.00. The molecule has 1 aromatic carbocycles. The van der Waals surface area contributed by atoms with Crippen LogP contribution in [0.15, 0.2) is 32.3 Å². The third-order valence-corrected chi connectivity index (χ3v) is 4.50. The Morgan fingerprint density at radius 1 is 1.37 bits per heavy atom.